The van der Waals surface area contributed by atoms with Gasteiger partial charge in [0.15, 0.2) is 0 Å². The van der Waals surface area contributed by atoms with E-state index in [0.717, 1.165) is 44.0 Å². The molecule has 0 spiro atoms. The Morgan fingerprint density at radius 3 is 2.68 bits per heavy atom. The molecule has 4 nitrogen and oxygen atoms in total. The highest BCUT2D eigenvalue weighted by atomic mass is 19.1. The van der Waals surface area contributed by atoms with Gasteiger partial charge in [-0.1, -0.05) is 19.3 Å². The maximum atomic E-state index is 13.6. The lowest BCUT2D eigenvalue weighted by Crippen LogP contribution is -2.43. The summed E-state index contributed by atoms with van der Waals surface area (Å²) in [6.45, 7) is 2.78. The van der Waals surface area contributed by atoms with Gasteiger partial charge in [-0.3, -0.25) is 4.90 Å². The number of carbonyl (C=O) groups excluding carboxylic acids is 1. The number of nitrogens with one attached hydrogen (secondary N) is 2. The van der Waals surface area contributed by atoms with Crippen LogP contribution in [0, 0.1) is 17.6 Å². The van der Waals surface area contributed by atoms with Crippen LogP contribution in [0.25, 0.3) is 0 Å². The lowest BCUT2D eigenvalue weighted by Gasteiger charge is -2.31. The number of anilines is 1. The lowest BCUT2D eigenvalue weighted by atomic mass is 9.89. The summed E-state index contributed by atoms with van der Waals surface area (Å²) in [4.78, 5) is 14.5. The Hall–Kier alpha value is -1.69. The zero-order valence-corrected chi connectivity index (χ0v) is 14.6. The van der Waals surface area contributed by atoms with E-state index in [1.807, 2.05) is 0 Å². The Morgan fingerprint density at radius 2 is 1.92 bits per heavy atom. The highest BCUT2D eigenvalue weighted by molar-refractivity contribution is 5.89. The molecule has 1 atom stereocenters. The molecule has 1 aromatic carbocycles. The minimum absolute atomic E-state index is 0.00983. The molecule has 0 bridgehead atoms. The van der Waals surface area contributed by atoms with Crippen LogP contribution in [0.1, 0.15) is 44.9 Å². The molecule has 1 aliphatic carbocycles. The van der Waals surface area contributed by atoms with Gasteiger partial charge in [-0.05, 0) is 50.3 Å². The predicted molar refractivity (Wildman–Crippen MR) is 94.5 cm³/mol. The number of carbonyl (C=O) groups is 1. The first kappa shape index (κ1) is 18.1. The number of likely N-dealkylation sites (tertiary alicyclic amines) is 1. The quantitative estimate of drug-likeness (QED) is 0.838. The van der Waals surface area contributed by atoms with Crippen LogP contribution in [-0.2, 0) is 0 Å². The summed E-state index contributed by atoms with van der Waals surface area (Å²) in [5.41, 5.74) is -0.00983. The molecule has 1 aromatic rings. The highest BCUT2D eigenvalue weighted by Gasteiger charge is 2.27. The van der Waals surface area contributed by atoms with Crippen molar-refractivity contribution >= 4 is 11.7 Å². The molecule has 138 valence electrons. The summed E-state index contributed by atoms with van der Waals surface area (Å²) in [5.74, 6) is -0.640. The SMILES string of the molecule is O=C(NC[C@@H]1CCCN1CC1CCCCC1)Nc1ccc(F)cc1F. The van der Waals surface area contributed by atoms with Gasteiger partial charge in [-0.25, -0.2) is 13.6 Å². The van der Waals surface area contributed by atoms with E-state index in [-0.39, 0.29) is 5.69 Å². The van der Waals surface area contributed by atoms with Gasteiger partial charge in [0.05, 0.1) is 5.69 Å². The fourth-order valence-electron chi connectivity index (χ4n) is 4.04. The van der Waals surface area contributed by atoms with Crippen LogP contribution in [0.2, 0.25) is 0 Å². The number of nitrogens with zero attached hydrogens (tertiary/aromatic N) is 1. The Bertz CT molecular complexity index is 590. The van der Waals surface area contributed by atoms with Gasteiger partial charge in [-0.15, -0.1) is 0 Å². The van der Waals surface area contributed by atoms with E-state index >= 15 is 0 Å². The fourth-order valence-corrected chi connectivity index (χ4v) is 4.04. The van der Waals surface area contributed by atoms with Gasteiger partial charge in [-0.2, -0.15) is 0 Å². The zero-order valence-electron chi connectivity index (χ0n) is 14.6. The summed E-state index contributed by atoms with van der Waals surface area (Å²) >= 11 is 0. The van der Waals surface area contributed by atoms with Crippen molar-refractivity contribution < 1.29 is 13.6 Å². The van der Waals surface area contributed by atoms with Crippen LogP contribution >= 0.6 is 0 Å². The van der Waals surface area contributed by atoms with Crippen LogP contribution in [0.4, 0.5) is 19.3 Å². The number of halogens is 2. The van der Waals surface area contributed by atoms with Crippen molar-refractivity contribution in [3.63, 3.8) is 0 Å². The van der Waals surface area contributed by atoms with Crippen LogP contribution in [0.15, 0.2) is 18.2 Å². The third kappa shape index (κ3) is 5.14. The summed E-state index contributed by atoms with van der Waals surface area (Å²) in [5, 5.41) is 5.28. The molecule has 6 heteroatoms. The van der Waals surface area contributed by atoms with Crippen molar-refractivity contribution in [1.82, 2.24) is 10.2 Å². The Balaban J connectivity index is 1.45. The summed E-state index contributed by atoms with van der Waals surface area (Å²) < 4.78 is 26.5. The molecule has 0 radical (unpaired) electrons. The molecular weight excluding hydrogens is 324 g/mol. The predicted octanol–water partition coefficient (Wildman–Crippen LogP) is 4.13. The Morgan fingerprint density at radius 1 is 1.12 bits per heavy atom. The molecule has 2 fully saturated rings. The molecular formula is C19H27F2N3O. The number of hydrogen-bond donors (Lipinski definition) is 2. The third-order valence-electron chi connectivity index (χ3n) is 5.39. The highest BCUT2D eigenvalue weighted by Crippen LogP contribution is 2.27. The average Bonchev–Trinajstić information content (AvgIpc) is 3.03. The molecule has 1 aliphatic heterocycles. The second-order valence-electron chi connectivity index (χ2n) is 7.25. The average molecular weight is 351 g/mol. The fraction of sp³-hybridized carbons (Fsp3) is 0.632. The van der Waals surface area contributed by atoms with Gasteiger partial charge in [0, 0.05) is 25.2 Å². The molecule has 2 N–H and O–H groups in total. The summed E-state index contributed by atoms with van der Waals surface area (Å²) in [6.07, 6.45) is 8.93. The molecule has 2 aliphatic rings. The van der Waals surface area contributed by atoms with Crippen LogP contribution in [-0.4, -0.2) is 36.6 Å². The number of hydrogen-bond acceptors (Lipinski definition) is 2. The lowest BCUT2D eigenvalue weighted by molar-refractivity contribution is 0.185. The van der Waals surface area contributed by atoms with Crippen LogP contribution in [0.3, 0.4) is 0 Å². The van der Waals surface area contributed by atoms with Crippen molar-refractivity contribution in [1.29, 1.82) is 0 Å². The second kappa shape index (κ2) is 8.61. The minimum atomic E-state index is -0.769. The van der Waals surface area contributed by atoms with Gasteiger partial charge in [0.25, 0.3) is 0 Å². The number of benzene rings is 1. The number of rotatable bonds is 5. The molecule has 2 amide bonds. The molecule has 1 saturated heterocycles. The zero-order chi connectivity index (χ0) is 17.6. The Labute approximate surface area is 148 Å². The molecule has 25 heavy (non-hydrogen) atoms. The van der Waals surface area contributed by atoms with Crippen LogP contribution < -0.4 is 10.6 Å². The third-order valence-corrected chi connectivity index (χ3v) is 5.39. The topological polar surface area (TPSA) is 44.4 Å². The van der Waals surface area contributed by atoms with Gasteiger partial charge >= 0.3 is 6.03 Å². The standard InChI is InChI=1S/C19H27F2N3O/c20-15-8-9-18(17(21)11-15)23-19(25)22-12-16-7-4-10-24(16)13-14-5-2-1-3-6-14/h8-9,11,14,16H,1-7,10,12-13H2,(H2,22,23,25)/t16-/m0/s1. The summed E-state index contributed by atoms with van der Waals surface area (Å²) in [6, 6.07) is 3.02. The smallest absolute Gasteiger partial charge is 0.319 e. The largest absolute Gasteiger partial charge is 0.336 e. The second-order valence-corrected chi connectivity index (χ2v) is 7.25. The molecule has 0 aromatic heterocycles. The monoisotopic (exact) mass is 351 g/mol. The number of urea groups is 1. The van der Waals surface area contributed by atoms with E-state index in [0.29, 0.717) is 12.6 Å². The first-order chi connectivity index (χ1) is 12.1. The van der Waals surface area contributed by atoms with Crippen molar-refractivity contribution in [2.45, 2.75) is 51.0 Å². The van der Waals surface area contributed by atoms with Crippen molar-refractivity contribution in [2.24, 2.45) is 5.92 Å². The van der Waals surface area contributed by atoms with Crippen molar-refractivity contribution in [3.8, 4) is 0 Å². The van der Waals surface area contributed by atoms with E-state index in [1.165, 1.54) is 38.2 Å². The first-order valence-electron chi connectivity index (χ1n) is 9.36. The number of amides is 2. The van der Waals surface area contributed by atoms with Crippen LogP contribution in [0.5, 0.6) is 0 Å². The van der Waals surface area contributed by atoms with E-state index in [2.05, 4.69) is 15.5 Å². The molecule has 1 saturated carbocycles. The van der Waals surface area contributed by atoms with E-state index in [1.54, 1.807) is 0 Å². The van der Waals surface area contributed by atoms with Gasteiger partial charge < -0.3 is 10.6 Å². The minimum Gasteiger partial charge on any atom is -0.336 e. The molecule has 0 unspecified atom stereocenters. The normalized spacial score (nSPS) is 22.1. The maximum Gasteiger partial charge on any atom is 0.319 e. The van der Waals surface area contributed by atoms with Gasteiger partial charge in [0.1, 0.15) is 11.6 Å². The van der Waals surface area contributed by atoms with E-state index in [4.69, 9.17) is 0 Å². The first-order valence-corrected chi connectivity index (χ1v) is 9.36. The molecule has 1 heterocycles. The Kier molecular flexibility index (Phi) is 6.24. The van der Waals surface area contributed by atoms with Crippen molar-refractivity contribution in [2.75, 3.05) is 25.0 Å². The van der Waals surface area contributed by atoms with Gasteiger partial charge in [0.2, 0.25) is 0 Å². The maximum absolute atomic E-state index is 13.6. The summed E-state index contributed by atoms with van der Waals surface area (Å²) in [7, 11) is 0. The van der Waals surface area contributed by atoms with E-state index < -0.39 is 17.7 Å². The van der Waals surface area contributed by atoms with E-state index in [9.17, 15) is 13.6 Å². The van der Waals surface area contributed by atoms with Crippen molar-refractivity contribution in [3.05, 3.63) is 29.8 Å². The molecule has 3 rings (SSSR count).